The highest BCUT2D eigenvalue weighted by Crippen LogP contribution is 2.20. The number of piperidine rings is 1. The van der Waals surface area contributed by atoms with E-state index < -0.39 is 0 Å². The zero-order valence-corrected chi connectivity index (χ0v) is 16.1. The Morgan fingerprint density at radius 1 is 1.26 bits per heavy atom. The van der Waals surface area contributed by atoms with Crippen LogP contribution in [0.25, 0.3) is 0 Å². The lowest BCUT2D eigenvalue weighted by Crippen LogP contribution is -2.48. The maximum absolute atomic E-state index is 13.4. The number of aromatic nitrogens is 1. The van der Waals surface area contributed by atoms with Gasteiger partial charge in [0.25, 0.3) is 0 Å². The van der Waals surface area contributed by atoms with Gasteiger partial charge in [0.15, 0.2) is 5.96 Å². The molecule has 0 radical (unpaired) electrons. The molecule has 0 saturated carbocycles. The number of hydrogen-bond donors (Lipinski definition) is 2. The van der Waals surface area contributed by atoms with Gasteiger partial charge in [0.2, 0.25) is 0 Å². The number of anilines is 1. The first kappa shape index (κ1) is 19.1. The summed E-state index contributed by atoms with van der Waals surface area (Å²) in [5, 5.41) is 6.86. The van der Waals surface area contributed by atoms with E-state index in [0.29, 0.717) is 12.6 Å². The third-order valence-electron chi connectivity index (χ3n) is 4.86. The molecule has 1 aromatic carbocycles. The number of hydrogen-bond acceptors (Lipinski definition) is 3. The molecule has 0 unspecified atom stereocenters. The first-order valence-corrected chi connectivity index (χ1v) is 9.61. The van der Waals surface area contributed by atoms with Crippen LogP contribution in [0.3, 0.4) is 0 Å². The van der Waals surface area contributed by atoms with Gasteiger partial charge < -0.3 is 15.5 Å². The van der Waals surface area contributed by atoms with Crippen molar-refractivity contribution < 1.29 is 4.39 Å². The van der Waals surface area contributed by atoms with Gasteiger partial charge in [-0.05, 0) is 56.5 Å². The SMILES string of the molecule is CCNC(=NCc1ncccc1C)NC1CCN(c2cccc(F)c2)CC1. The van der Waals surface area contributed by atoms with E-state index in [1.807, 2.05) is 12.1 Å². The summed E-state index contributed by atoms with van der Waals surface area (Å²) in [6, 6.07) is 11.2. The molecule has 27 heavy (non-hydrogen) atoms. The smallest absolute Gasteiger partial charge is 0.191 e. The van der Waals surface area contributed by atoms with Crippen LogP contribution in [0.2, 0.25) is 0 Å². The normalized spacial score (nSPS) is 15.7. The molecular formula is C21H28FN5. The second-order valence-electron chi connectivity index (χ2n) is 6.85. The van der Waals surface area contributed by atoms with E-state index in [-0.39, 0.29) is 5.82 Å². The van der Waals surface area contributed by atoms with Crippen LogP contribution in [-0.2, 0) is 6.54 Å². The maximum Gasteiger partial charge on any atom is 0.191 e. The van der Waals surface area contributed by atoms with E-state index >= 15 is 0 Å². The quantitative estimate of drug-likeness (QED) is 0.627. The summed E-state index contributed by atoms with van der Waals surface area (Å²) in [5.74, 6) is 0.644. The molecule has 3 rings (SSSR count). The van der Waals surface area contributed by atoms with Crippen molar-refractivity contribution in [3.05, 3.63) is 59.7 Å². The molecular weight excluding hydrogens is 341 g/mol. The Morgan fingerprint density at radius 3 is 2.78 bits per heavy atom. The van der Waals surface area contributed by atoms with Gasteiger partial charge >= 0.3 is 0 Å². The summed E-state index contributed by atoms with van der Waals surface area (Å²) >= 11 is 0. The van der Waals surface area contributed by atoms with Crippen LogP contribution in [0, 0.1) is 12.7 Å². The second-order valence-corrected chi connectivity index (χ2v) is 6.85. The molecule has 1 fully saturated rings. The zero-order chi connectivity index (χ0) is 19.1. The van der Waals surface area contributed by atoms with Crippen LogP contribution in [-0.4, -0.2) is 36.6 Å². The highest BCUT2D eigenvalue weighted by molar-refractivity contribution is 5.80. The molecule has 0 bridgehead atoms. The largest absolute Gasteiger partial charge is 0.371 e. The minimum atomic E-state index is -0.181. The summed E-state index contributed by atoms with van der Waals surface area (Å²) in [6.45, 7) is 7.30. The minimum absolute atomic E-state index is 0.181. The lowest BCUT2D eigenvalue weighted by Gasteiger charge is -2.34. The number of guanidine groups is 1. The molecule has 0 amide bonds. The van der Waals surface area contributed by atoms with Gasteiger partial charge in [0, 0.05) is 37.6 Å². The Labute approximate surface area is 160 Å². The Hall–Kier alpha value is -2.63. The Bertz CT molecular complexity index is 769. The van der Waals surface area contributed by atoms with Gasteiger partial charge in [-0.1, -0.05) is 12.1 Å². The Morgan fingerprint density at radius 2 is 2.07 bits per heavy atom. The van der Waals surface area contributed by atoms with Crippen molar-refractivity contribution in [1.82, 2.24) is 15.6 Å². The van der Waals surface area contributed by atoms with Gasteiger partial charge in [0.05, 0.1) is 12.2 Å². The maximum atomic E-state index is 13.4. The van der Waals surface area contributed by atoms with Gasteiger partial charge in [-0.15, -0.1) is 0 Å². The summed E-state index contributed by atoms with van der Waals surface area (Å²) in [6.07, 6.45) is 3.79. The average molecular weight is 369 g/mol. The van der Waals surface area contributed by atoms with Crippen LogP contribution < -0.4 is 15.5 Å². The minimum Gasteiger partial charge on any atom is -0.371 e. The highest BCUT2D eigenvalue weighted by Gasteiger charge is 2.20. The van der Waals surface area contributed by atoms with Gasteiger partial charge in [0.1, 0.15) is 5.82 Å². The molecule has 0 aliphatic carbocycles. The molecule has 1 saturated heterocycles. The van der Waals surface area contributed by atoms with Crippen molar-refractivity contribution in [3.8, 4) is 0 Å². The second kappa shape index (κ2) is 9.35. The molecule has 144 valence electrons. The lowest BCUT2D eigenvalue weighted by molar-refractivity contribution is 0.461. The summed E-state index contributed by atoms with van der Waals surface area (Å²) < 4.78 is 13.4. The molecule has 2 N–H and O–H groups in total. The van der Waals surface area contributed by atoms with E-state index in [2.05, 4.69) is 40.4 Å². The topological polar surface area (TPSA) is 52.6 Å². The number of rotatable bonds is 5. The molecule has 2 aromatic rings. The van der Waals surface area contributed by atoms with Crippen LogP contribution >= 0.6 is 0 Å². The molecule has 1 aliphatic heterocycles. The summed E-state index contributed by atoms with van der Waals surface area (Å²) in [4.78, 5) is 11.3. The molecule has 1 aromatic heterocycles. The zero-order valence-electron chi connectivity index (χ0n) is 16.1. The molecule has 2 heterocycles. The van der Waals surface area contributed by atoms with Gasteiger partial charge in [-0.2, -0.15) is 0 Å². The van der Waals surface area contributed by atoms with Crippen molar-refractivity contribution in [2.45, 2.75) is 39.3 Å². The summed E-state index contributed by atoms with van der Waals surface area (Å²) in [7, 11) is 0. The van der Waals surface area contributed by atoms with Crippen LogP contribution in [0.4, 0.5) is 10.1 Å². The van der Waals surface area contributed by atoms with Gasteiger partial charge in [-0.25, -0.2) is 9.38 Å². The number of aryl methyl sites for hydroxylation is 1. The number of pyridine rings is 1. The van der Waals surface area contributed by atoms with Crippen molar-refractivity contribution in [3.63, 3.8) is 0 Å². The molecule has 6 heteroatoms. The van der Waals surface area contributed by atoms with Gasteiger partial charge in [-0.3, -0.25) is 4.98 Å². The van der Waals surface area contributed by atoms with Crippen LogP contribution in [0.1, 0.15) is 31.0 Å². The van der Waals surface area contributed by atoms with Crippen molar-refractivity contribution in [1.29, 1.82) is 0 Å². The van der Waals surface area contributed by atoms with E-state index in [0.717, 1.165) is 55.4 Å². The van der Waals surface area contributed by atoms with E-state index in [1.165, 1.54) is 6.07 Å². The summed E-state index contributed by atoms with van der Waals surface area (Å²) in [5.41, 5.74) is 3.11. The van der Waals surface area contributed by atoms with Crippen molar-refractivity contribution in [2.75, 3.05) is 24.5 Å². The number of aliphatic imine (C=N–C) groups is 1. The van der Waals surface area contributed by atoms with Crippen LogP contribution in [0.15, 0.2) is 47.6 Å². The first-order valence-electron chi connectivity index (χ1n) is 9.61. The van der Waals surface area contributed by atoms with Crippen molar-refractivity contribution in [2.24, 2.45) is 4.99 Å². The predicted molar refractivity (Wildman–Crippen MR) is 109 cm³/mol. The van der Waals surface area contributed by atoms with E-state index in [1.54, 1.807) is 18.3 Å². The number of nitrogens with zero attached hydrogens (tertiary/aromatic N) is 3. The molecule has 0 spiro atoms. The lowest BCUT2D eigenvalue weighted by atomic mass is 10.0. The Kier molecular flexibility index (Phi) is 6.63. The van der Waals surface area contributed by atoms with Crippen molar-refractivity contribution >= 4 is 11.6 Å². The highest BCUT2D eigenvalue weighted by atomic mass is 19.1. The Balaban J connectivity index is 1.56. The monoisotopic (exact) mass is 369 g/mol. The third kappa shape index (κ3) is 5.42. The first-order chi connectivity index (χ1) is 13.2. The fourth-order valence-electron chi connectivity index (χ4n) is 3.31. The average Bonchev–Trinajstić information content (AvgIpc) is 2.68. The van der Waals surface area contributed by atoms with E-state index in [4.69, 9.17) is 4.99 Å². The number of halogens is 1. The molecule has 0 atom stereocenters. The van der Waals surface area contributed by atoms with Crippen LogP contribution in [0.5, 0.6) is 0 Å². The molecule has 1 aliphatic rings. The predicted octanol–water partition coefficient (Wildman–Crippen LogP) is 3.25. The number of nitrogens with one attached hydrogen (secondary N) is 2. The third-order valence-corrected chi connectivity index (χ3v) is 4.86. The van der Waals surface area contributed by atoms with E-state index in [9.17, 15) is 4.39 Å². The fourth-order valence-corrected chi connectivity index (χ4v) is 3.31. The standard InChI is InChI=1S/C21H28FN5/c1-3-23-21(25-15-20-16(2)6-5-11-24-20)26-18-9-12-27(13-10-18)19-8-4-7-17(22)14-19/h4-8,11,14,18H,3,9-10,12-13,15H2,1-2H3,(H2,23,25,26). The number of benzene rings is 1. The molecule has 5 nitrogen and oxygen atoms in total. The fraction of sp³-hybridized carbons (Fsp3) is 0.429.